The summed E-state index contributed by atoms with van der Waals surface area (Å²) in [5.74, 6) is -0.962. The van der Waals surface area contributed by atoms with Crippen molar-refractivity contribution in [2.75, 3.05) is 25.1 Å². The number of carbonyl (C=O) groups excluding carboxylic acids is 3. The van der Waals surface area contributed by atoms with E-state index in [-0.39, 0.29) is 82.2 Å². The molecule has 3 amide bonds. The van der Waals surface area contributed by atoms with Crippen LogP contribution in [-0.4, -0.2) is 96.5 Å². The van der Waals surface area contributed by atoms with E-state index in [4.69, 9.17) is 15.1 Å². The van der Waals surface area contributed by atoms with Crippen LogP contribution in [0.4, 0.5) is 20.4 Å². The van der Waals surface area contributed by atoms with Gasteiger partial charge in [0.05, 0.1) is 36.4 Å². The number of hydrogen-bond donors (Lipinski definition) is 6. The molecular weight excluding hydrogens is 1000 g/mol. The van der Waals surface area contributed by atoms with E-state index in [1.165, 1.54) is 35.4 Å². The van der Waals surface area contributed by atoms with Gasteiger partial charge in [-0.15, -0.1) is 0 Å². The molecule has 7 N–H and O–H groups in total. The first kappa shape index (κ1) is 54.7. The van der Waals surface area contributed by atoms with Gasteiger partial charge in [0, 0.05) is 56.4 Å². The molecular formula is C57H62F2N10O7Si. The van der Waals surface area contributed by atoms with Gasteiger partial charge in [-0.1, -0.05) is 65.8 Å². The van der Waals surface area contributed by atoms with E-state index in [0.29, 0.717) is 80.9 Å². The quantitative estimate of drug-likeness (QED) is 0.0557. The number of nitrogens with zero attached hydrogens (tertiary/aromatic N) is 6. The number of carbonyl (C=O) groups is 4. The Kier molecular flexibility index (Phi) is 16.2. The molecule has 20 heteroatoms. The largest absolute Gasteiger partial charge is 0.541 e. The number of carboxylic acids is 1. The highest BCUT2D eigenvalue weighted by atomic mass is 28.4. The van der Waals surface area contributed by atoms with Crippen molar-refractivity contribution in [1.29, 1.82) is 0 Å². The summed E-state index contributed by atoms with van der Waals surface area (Å²) >= 11 is 0. The number of aliphatic carboxylic acids is 1. The number of aromatic amines is 2. The van der Waals surface area contributed by atoms with Crippen molar-refractivity contribution in [2.45, 2.75) is 96.9 Å². The van der Waals surface area contributed by atoms with Crippen molar-refractivity contribution in [3.05, 3.63) is 165 Å². The van der Waals surface area contributed by atoms with Gasteiger partial charge in [0.2, 0.25) is 5.91 Å². The Bertz CT molecular complexity index is 3460. The number of carboxylic acid groups (broad SMARTS) is 1. The van der Waals surface area contributed by atoms with Gasteiger partial charge in [-0.2, -0.15) is 10.2 Å². The highest BCUT2D eigenvalue weighted by Gasteiger charge is 2.49. The number of nitrogen functional groups attached to an aromatic ring is 1. The predicted molar refractivity (Wildman–Crippen MR) is 292 cm³/mol. The van der Waals surface area contributed by atoms with Crippen LogP contribution in [0, 0.1) is 11.6 Å². The average molecular weight is 1070 g/mol. The zero-order valence-electron chi connectivity index (χ0n) is 44.2. The molecule has 4 aromatic heterocycles. The minimum atomic E-state index is -2.47. The average Bonchev–Trinajstić information content (AvgIpc) is 4.24. The molecule has 77 heavy (non-hydrogen) atoms. The molecule has 2 aliphatic rings. The third-order valence-electron chi connectivity index (χ3n) is 14.3. The van der Waals surface area contributed by atoms with E-state index in [1.807, 2.05) is 12.1 Å². The maximum Gasteiger partial charge on any atom is 0.307 e. The zero-order valence-corrected chi connectivity index (χ0v) is 45.2. The summed E-state index contributed by atoms with van der Waals surface area (Å²) in [4.78, 5) is 63.3. The topological polar surface area (TPSA) is 246 Å². The number of amides is 3. The molecule has 0 bridgehead atoms. The number of nitrogens with one attached hydrogen (secondary N) is 3. The van der Waals surface area contributed by atoms with Crippen molar-refractivity contribution >= 4 is 65.4 Å². The summed E-state index contributed by atoms with van der Waals surface area (Å²) in [6.07, 6.45) is 7.30. The minimum absolute atomic E-state index is 0.0130. The lowest BCUT2D eigenvalue weighted by Gasteiger charge is -2.42. The molecule has 4 aromatic carbocycles. The fourth-order valence-corrected chi connectivity index (χ4v) is 16.1. The number of anilines is 2. The molecule has 0 fully saturated rings. The molecule has 0 spiro atoms. The fourth-order valence-electron chi connectivity index (χ4n) is 10.8. The molecule has 6 heterocycles. The second-order valence-corrected chi connectivity index (χ2v) is 25.8. The number of hydrogen-bond acceptors (Lipinski definition) is 11. The molecule has 0 saturated carbocycles. The fraction of sp³-hybridized carbons (Fsp3) is 0.298. The highest BCUT2D eigenvalue weighted by Crippen LogP contribution is 2.48. The van der Waals surface area contributed by atoms with Gasteiger partial charge in [-0.25, -0.2) is 8.78 Å². The van der Waals surface area contributed by atoms with Crippen LogP contribution in [0.15, 0.2) is 97.6 Å². The SMILES string of the molecule is CC(C)[Si](Oc1c2c(c(CC(=O)O)c3cc(Cc4ccc(F)cc4)cnc13)CN(C)C2=O)(C(C)C)C(C)C.CN1Cc2c(c(O)c3ncc(Cc4ccc(F)cc4)cc3c2CC(=O)Nc2ccn[nH]2)C1=O.Nc1ccn[nH]1. The van der Waals surface area contributed by atoms with Gasteiger partial charge in [0.1, 0.15) is 40.1 Å². The van der Waals surface area contributed by atoms with Gasteiger partial charge in [-0.3, -0.25) is 39.3 Å². The molecule has 0 saturated heterocycles. The lowest BCUT2D eigenvalue weighted by atomic mass is 9.93. The van der Waals surface area contributed by atoms with Crippen LogP contribution in [0.1, 0.15) is 107 Å². The highest BCUT2D eigenvalue weighted by molar-refractivity contribution is 6.78. The third-order valence-corrected chi connectivity index (χ3v) is 20.2. The number of benzene rings is 4. The first-order chi connectivity index (χ1) is 36.7. The van der Waals surface area contributed by atoms with Crippen LogP contribution in [0.25, 0.3) is 21.8 Å². The van der Waals surface area contributed by atoms with Crippen molar-refractivity contribution in [3.8, 4) is 11.5 Å². The van der Waals surface area contributed by atoms with Crippen LogP contribution in [-0.2, 0) is 48.4 Å². The Morgan fingerprint density at radius 3 is 1.65 bits per heavy atom. The van der Waals surface area contributed by atoms with Crippen LogP contribution in [0.3, 0.4) is 0 Å². The number of aromatic nitrogens is 6. The van der Waals surface area contributed by atoms with E-state index in [1.54, 1.807) is 74.0 Å². The van der Waals surface area contributed by atoms with Gasteiger partial charge in [-0.05, 0) is 116 Å². The van der Waals surface area contributed by atoms with Gasteiger partial charge >= 0.3 is 5.97 Å². The summed E-state index contributed by atoms with van der Waals surface area (Å²) in [5, 5.41) is 37.3. The number of phenolic OH excluding ortho intramolecular Hbond substituents is 1. The molecule has 8 aromatic rings. The number of aromatic hydroxyl groups is 1. The van der Waals surface area contributed by atoms with Crippen molar-refractivity contribution in [1.82, 2.24) is 40.2 Å². The minimum Gasteiger partial charge on any atom is -0.541 e. The number of nitrogens with two attached hydrogens (primary N) is 1. The van der Waals surface area contributed by atoms with Crippen molar-refractivity contribution in [3.63, 3.8) is 0 Å². The molecule has 17 nitrogen and oxygen atoms in total. The maximum absolute atomic E-state index is 13.5. The summed E-state index contributed by atoms with van der Waals surface area (Å²) in [5.41, 5.74) is 13.5. The monoisotopic (exact) mass is 1060 g/mol. The number of fused-ring (bicyclic) bond motifs is 4. The number of rotatable bonds is 14. The van der Waals surface area contributed by atoms with E-state index >= 15 is 0 Å². The molecule has 0 aliphatic carbocycles. The van der Waals surface area contributed by atoms with Gasteiger partial charge in [0.25, 0.3) is 20.1 Å². The van der Waals surface area contributed by atoms with E-state index in [0.717, 1.165) is 22.3 Å². The van der Waals surface area contributed by atoms with Crippen LogP contribution < -0.4 is 15.5 Å². The van der Waals surface area contributed by atoms with E-state index < -0.39 is 14.3 Å². The second-order valence-electron chi connectivity index (χ2n) is 20.4. The molecule has 0 unspecified atom stereocenters. The standard InChI is InChI=1S/C30H37FN2O4Si.C24H20FN5O3.C3H5N3/c1-17(2)38(18(3)4,19(5)6)37-29-27-25(16-33(7)30(27)36)23(14-26(34)35)24-13-21(15-32-28(24)29)12-20-8-10-22(31)11-9-20;1-30-12-18-16(10-20(31)28-19-6-7-27-29-19)17-9-14(8-13-2-4-15(25)5-3-13)11-26-22(17)23(32)21(18)24(30)33;4-3-1-2-5-6-3/h8-11,13,15,17-19H,12,14,16H2,1-7H3,(H,34,35);2-7,9,11,32H,8,10,12H2,1H3,(H2,27,28,29,31);1-2H,(H3,4,5,6). The third kappa shape index (κ3) is 11.5. The summed E-state index contributed by atoms with van der Waals surface area (Å²) in [6, 6.07) is 19.7. The number of H-pyrrole nitrogens is 2. The van der Waals surface area contributed by atoms with Crippen LogP contribution in [0.5, 0.6) is 11.5 Å². The number of phenols is 1. The predicted octanol–water partition coefficient (Wildman–Crippen LogP) is 9.88. The van der Waals surface area contributed by atoms with Crippen LogP contribution >= 0.6 is 0 Å². The van der Waals surface area contributed by atoms with Gasteiger partial charge < -0.3 is 35.5 Å². The summed E-state index contributed by atoms with van der Waals surface area (Å²) in [7, 11) is 0.904. The molecule has 2 aliphatic heterocycles. The summed E-state index contributed by atoms with van der Waals surface area (Å²) < 4.78 is 33.8. The maximum atomic E-state index is 13.5. The first-order valence-corrected chi connectivity index (χ1v) is 27.4. The molecule has 0 radical (unpaired) electrons. The first-order valence-electron chi connectivity index (χ1n) is 25.2. The second kappa shape index (κ2) is 22.8. The number of halogens is 2. The zero-order chi connectivity index (χ0) is 55.5. The smallest absolute Gasteiger partial charge is 0.307 e. The van der Waals surface area contributed by atoms with E-state index in [9.17, 15) is 38.2 Å². The van der Waals surface area contributed by atoms with Crippen LogP contribution in [0.2, 0.25) is 16.6 Å². The molecule has 10 rings (SSSR count). The lowest BCUT2D eigenvalue weighted by Crippen LogP contribution is -2.51. The normalized spacial score (nSPS) is 13.0. The Hall–Kier alpha value is -8.52. The Morgan fingerprint density at radius 1 is 0.701 bits per heavy atom. The summed E-state index contributed by atoms with van der Waals surface area (Å²) in [6.45, 7) is 13.7. The Morgan fingerprint density at radius 2 is 1.18 bits per heavy atom. The lowest BCUT2D eigenvalue weighted by molar-refractivity contribution is -0.136. The van der Waals surface area contributed by atoms with E-state index in [2.05, 4.69) is 72.2 Å². The molecule has 0 atom stereocenters. The van der Waals surface area contributed by atoms with Gasteiger partial charge in [0.15, 0.2) is 5.75 Å². The Labute approximate surface area is 445 Å². The van der Waals surface area contributed by atoms with Crippen molar-refractivity contribution in [2.24, 2.45) is 0 Å². The van der Waals surface area contributed by atoms with Crippen molar-refractivity contribution < 1.29 is 42.6 Å². The molecule has 400 valence electrons. The number of pyridine rings is 2. The Balaban J connectivity index is 0.000000184.